The van der Waals surface area contributed by atoms with Crippen LogP contribution in [0.1, 0.15) is 19.4 Å². The molecule has 1 aliphatic rings. The summed E-state index contributed by atoms with van der Waals surface area (Å²) in [6, 6.07) is 20.7. The Morgan fingerprint density at radius 2 is 1.42 bits per heavy atom. The molecule has 126 valence electrons. The summed E-state index contributed by atoms with van der Waals surface area (Å²) in [5, 5.41) is 0. The maximum Gasteiger partial charge on any atom is 0.228 e. The molecule has 2 aromatic rings. The summed E-state index contributed by atoms with van der Waals surface area (Å²) >= 11 is 0. The van der Waals surface area contributed by atoms with Crippen LogP contribution < -0.4 is 4.90 Å². The van der Waals surface area contributed by atoms with Crippen LogP contribution in [0.4, 0.5) is 5.69 Å². The molecule has 0 radical (unpaired) electrons. The molecule has 0 aliphatic carbocycles. The summed E-state index contributed by atoms with van der Waals surface area (Å²) in [6.07, 6.45) is 0.783. The third-order valence-corrected chi connectivity index (χ3v) is 4.76. The van der Waals surface area contributed by atoms with Crippen molar-refractivity contribution >= 4 is 11.6 Å². The summed E-state index contributed by atoms with van der Waals surface area (Å²) in [7, 11) is 0. The van der Waals surface area contributed by atoms with Gasteiger partial charge in [0.1, 0.15) is 0 Å². The number of hydrogen-bond acceptors (Lipinski definition) is 2. The number of nitrogens with zero attached hydrogens (tertiary/aromatic N) is 2. The van der Waals surface area contributed by atoms with E-state index >= 15 is 0 Å². The maximum atomic E-state index is 13.0. The van der Waals surface area contributed by atoms with E-state index in [2.05, 4.69) is 55.1 Å². The van der Waals surface area contributed by atoms with Crippen molar-refractivity contribution in [3.63, 3.8) is 0 Å². The molecule has 1 saturated heterocycles. The Labute approximate surface area is 144 Å². The van der Waals surface area contributed by atoms with Crippen molar-refractivity contribution in [3.8, 4) is 0 Å². The van der Waals surface area contributed by atoms with Crippen LogP contribution in [0.2, 0.25) is 0 Å². The first kappa shape index (κ1) is 16.6. The standard InChI is InChI=1S/C21H26N2O/c1-21(2,17-18-9-5-3-6-10-18)20(24)23-15-13-22(14-16-23)19-11-7-4-8-12-19/h3-12H,13-17H2,1-2H3. The molecule has 0 unspecified atom stereocenters. The molecule has 0 spiro atoms. The molecule has 2 aromatic carbocycles. The van der Waals surface area contributed by atoms with Gasteiger partial charge < -0.3 is 9.80 Å². The third-order valence-electron chi connectivity index (χ3n) is 4.76. The van der Waals surface area contributed by atoms with Crippen LogP contribution in [-0.2, 0) is 11.2 Å². The lowest BCUT2D eigenvalue weighted by molar-refractivity contribution is -0.140. The highest BCUT2D eigenvalue weighted by Gasteiger charge is 2.33. The van der Waals surface area contributed by atoms with Crippen molar-refractivity contribution < 1.29 is 4.79 Å². The van der Waals surface area contributed by atoms with E-state index < -0.39 is 0 Å². The van der Waals surface area contributed by atoms with Gasteiger partial charge in [-0.3, -0.25) is 4.79 Å². The predicted molar refractivity (Wildman–Crippen MR) is 99.2 cm³/mol. The van der Waals surface area contributed by atoms with Crippen LogP contribution in [0.5, 0.6) is 0 Å². The highest BCUT2D eigenvalue weighted by molar-refractivity contribution is 5.82. The molecule has 0 bridgehead atoms. The zero-order valence-electron chi connectivity index (χ0n) is 14.6. The summed E-state index contributed by atoms with van der Waals surface area (Å²) < 4.78 is 0. The normalized spacial score (nSPS) is 15.4. The first-order valence-electron chi connectivity index (χ1n) is 8.69. The molecule has 0 saturated carbocycles. The Morgan fingerprint density at radius 1 is 0.875 bits per heavy atom. The maximum absolute atomic E-state index is 13.0. The topological polar surface area (TPSA) is 23.6 Å². The van der Waals surface area contributed by atoms with Crippen molar-refractivity contribution in [2.45, 2.75) is 20.3 Å². The molecule has 3 rings (SSSR count). The number of benzene rings is 2. The molecule has 0 aromatic heterocycles. The minimum Gasteiger partial charge on any atom is -0.368 e. The van der Waals surface area contributed by atoms with Gasteiger partial charge >= 0.3 is 0 Å². The molecule has 0 N–H and O–H groups in total. The largest absolute Gasteiger partial charge is 0.368 e. The fourth-order valence-corrected chi connectivity index (χ4v) is 3.42. The number of amides is 1. The summed E-state index contributed by atoms with van der Waals surface area (Å²) in [4.78, 5) is 17.4. The number of para-hydroxylation sites is 1. The Hall–Kier alpha value is -2.29. The van der Waals surface area contributed by atoms with Gasteiger partial charge in [0.15, 0.2) is 0 Å². The molecule has 1 fully saturated rings. The van der Waals surface area contributed by atoms with Crippen molar-refractivity contribution in [2.75, 3.05) is 31.1 Å². The highest BCUT2D eigenvalue weighted by Crippen LogP contribution is 2.26. The molecule has 1 heterocycles. The zero-order chi connectivity index (χ0) is 17.0. The molecule has 3 heteroatoms. The van der Waals surface area contributed by atoms with Crippen molar-refractivity contribution in [1.82, 2.24) is 4.90 Å². The van der Waals surface area contributed by atoms with E-state index in [9.17, 15) is 4.79 Å². The van der Waals surface area contributed by atoms with Gasteiger partial charge in [-0.15, -0.1) is 0 Å². The number of carbonyl (C=O) groups excluding carboxylic acids is 1. The molecule has 1 aliphatic heterocycles. The van der Waals surface area contributed by atoms with Crippen molar-refractivity contribution in [2.24, 2.45) is 5.41 Å². The van der Waals surface area contributed by atoms with Crippen LogP contribution in [-0.4, -0.2) is 37.0 Å². The van der Waals surface area contributed by atoms with Crippen LogP contribution in [0.3, 0.4) is 0 Å². The first-order valence-corrected chi connectivity index (χ1v) is 8.69. The Morgan fingerprint density at radius 3 is 2.00 bits per heavy atom. The second kappa shape index (κ2) is 7.08. The molecule has 1 amide bonds. The predicted octanol–water partition coefficient (Wildman–Crippen LogP) is 3.60. The molecule has 3 nitrogen and oxygen atoms in total. The molecular weight excluding hydrogens is 296 g/mol. The van der Waals surface area contributed by atoms with Gasteiger partial charge in [-0.2, -0.15) is 0 Å². The monoisotopic (exact) mass is 322 g/mol. The number of piperazine rings is 1. The van der Waals surface area contributed by atoms with Crippen LogP contribution >= 0.6 is 0 Å². The van der Waals surface area contributed by atoms with E-state index in [0.29, 0.717) is 0 Å². The smallest absolute Gasteiger partial charge is 0.228 e. The quantitative estimate of drug-likeness (QED) is 0.858. The highest BCUT2D eigenvalue weighted by atomic mass is 16.2. The van der Waals surface area contributed by atoms with Crippen molar-refractivity contribution in [1.29, 1.82) is 0 Å². The van der Waals surface area contributed by atoms with Gasteiger partial charge in [0.2, 0.25) is 5.91 Å². The van der Waals surface area contributed by atoms with Gasteiger partial charge in [0.05, 0.1) is 0 Å². The first-order chi connectivity index (χ1) is 11.6. The van der Waals surface area contributed by atoms with E-state index in [1.807, 2.05) is 29.2 Å². The summed E-state index contributed by atoms with van der Waals surface area (Å²) in [5.41, 5.74) is 2.10. The zero-order valence-corrected chi connectivity index (χ0v) is 14.6. The fourth-order valence-electron chi connectivity index (χ4n) is 3.42. The van der Waals surface area contributed by atoms with E-state index in [-0.39, 0.29) is 11.3 Å². The van der Waals surface area contributed by atoms with Gasteiger partial charge in [-0.05, 0) is 24.1 Å². The van der Waals surface area contributed by atoms with Gasteiger partial charge in [-0.1, -0.05) is 62.4 Å². The fraction of sp³-hybridized carbons (Fsp3) is 0.381. The molecular formula is C21H26N2O. The summed E-state index contributed by atoms with van der Waals surface area (Å²) in [6.45, 7) is 7.52. The van der Waals surface area contributed by atoms with E-state index in [1.165, 1.54) is 11.3 Å². The number of anilines is 1. The van der Waals surface area contributed by atoms with Crippen LogP contribution in [0.15, 0.2) is 60.7 Å². The van der Waals surface area contributed by atoms with E-state index in [4.69, 9.17) is 0 Å². The third kappa shape index (κ3) is 3.78. The van der Waals surface area contributed by atoms with Crippen LogP contribution in [0, 0.1) is 5.41 Å². The second-order valence-corrected chi connectivity index (χ2v) is 7.16. The van der Waals surface area contributed by atoms with Gasteiger partial charge in [0.25, 0.3) is 0 Å². The minimum absolute atomic E-state index is 0.263. The van der Waals surface area contributed by atoms with Crippen molar-refractivity contribution in [3.05, 3.63) is 66.2 Å². The Kier molecular flexibility index (Phi) is 4.89. The number of rotatable bonds is 4. The molecule has 0 atom stereocenters. The Balaban J connectivity index is 1.60. The Bertz CT molecular complexity index is 659. The number of carbonyl (C=O) groups is 1. The number of hydrogen-bond donors (Lipinski definition) is 0. The average Bonchev–Trinajstić information content (AvgIpc) is 2.62. The SMILES string of the molecule is CC(C)(Cc1ccccc1)C(=O)N1CCN(c2ccccc2)CC1. The van der Waals surface area contributed by atoms with Crippen LogP contribution in [0.25, 0.3) is 0 Å². The lowest BCUT2D eigenvalue weighted by Crippen LogP contribution is -2.52. The van der Waals surface area contributed by atoms with E-state index in [0.717, 1.165) is 32.6 Å². The minimum atomic E-state index is -0.365. The van der Waals surface area contributed by atoms with Gasteiger partial charge in [-0.25, -0.2) is 0 Å². The second-order valence-electron chi connectivity index (χ2n) is 7.16. The molecule has 24 heavy (non-hydrogen) atoms. The average molecular weight is 322 g/mol. The van der Waals surface area contributed by atoms with Gasteiger partial charge in [0, 0.05) is 37.3 Å². The van der Waals surface area contributed by atoms with E-state index in [1.54, 1.807) is 0 Å². The lowest BCUT2D eigenvalue weighted by atomic mass is 9.84. The summed E-state index contributed by atoms with van der Waals surface area (Å²) in [5.74, 6) is 0.263. The lowest BCUT2D eigenvalue weighted by Gasteiger charge is -2.39.